The highest BCUT2D eigenvalue weighted by Gasteiger charge is 2.17. The summed E-state index contributed by atoms with van der Waals surface area (Å²) >= 11 is 17.9. The predicted octanol–water partition coefficient (Wildman–Crippen LogP) is 8.14. The third-order valence-corrected chi connectivity index (χ3v) is 8.87. The lowest BCUT2D eigenvalue weighted by atomic mass is 10.2. The summed E-state index contributed by atoms with van der Waals surface area (Å²) in [6.45, 7) is 0. The third kappa shape index (κ3) is 9.93. The molecule has 0 aliphatic carbocycles. The summed E-state index contributed by atoms with van der Waals surface area (Å²) in [6, 6.07) is 18.6. The molecule has 0 unspecified atom stereocenters. The number of nitrogens with one attached hydrogen (secondary N) is 3. The molecule has 14 nitrogen and oxygen atoms in total. The van der Waals surface area contributed by atoms with Gasteiger partial charge in [-0.3, -0.25) is 19.6 Å². The molecule has 0 saturated heterocycles. The highest BCUT2D eigenvalue weighted by Crippen LogP contribution is 2.30. The van der Waals surface area contributed by atoms with Crippen molar-refractivity contribution in [1.82, 2.24) is 50.5 Å². The number of hydrogen-bond acceptors (Lipinski definition) is 12. The van der Waals surface area contributed by atoms with Gasteiger partial charge in [0.25, 0.3) is 11.8 Å². The van der Waals surface area contributed by atoms with E-state index < -0.39 is 11.6 Å². The summed E-state index contributed by atoms with van der Waals surface area (Å²) < 4.78 is 28.2. The van der Waals surface area contributed by atoms with Gasteiger partial charge >= 0.3 is 0 Å². The van der Waals surface area contributed by atoms with Crippen molar-refractivity contribution in [2.24, 2.45) is 0 Å². The molecule has 296 valence electrons. The molecule has 0 aliphatic heterocycles. The second-order valence-corrected chi connectivity index (χ2v) is 13.1. The molecule has 0 fully saturated rings. The molecule has 0 saturated carbocycles. The molecule has 0 aliphatic rings. The Morgan fingerprint density at radius 1 is 0.627 bits per heavy atom. The number of rotatable bonds is 6. The number of nitrogen functional groups attached to an aromatic ring is 1. The van der Waals surface area contributed by atoms with Crippen molar-refractivity contribution in [1.29, 1.82) is 0 Å². The summed E-state index contributed by atoms with van der Waals surface area (Å²) in [6.07, 6.45) is 9.15. The van der Waals surface area contributed by atoms with Crippen LogP contribution in [-0.4, -0.2) is 65.8 Å². The van der Waals surface area contributed by atoms with Gasteiger partial charge in [0.05, 0.1) is 38.7 Å². The molecule has 0 spiro atoms. The maximum atomic E-state index is 14.4. The third-order valence-electron chi connectivity index (χ3n) is 8.11. The van der Waals surface area contributed by atoms with E-state index in [0.29, 0.717) is 60.4 Å². The van der Waals surface area contributed by atoms with Gasteiger partial charge in [0, 0.05) is 67.0 Å². The maximum Gasteiger partial charge on any atom is 0.254 e. The Morgan fingerprint density at radius 2 is 1.15 bits per heavy atom. The Bertz CT molecular complexity index is 2840. The molecule has 0 radical (unpaired) electrons. The van der Waals surface area contributed by atoms with E-state index >= 15 is 0 Å². The fraction of sp³-hybridized carbons (Fsp3) is 0.0500. The van der Waals surface area contributed by atoms with Gasteiger partial charge in [-0.1, -0.05) is 34.8 Å². The highest BCUT2D eigenvalue weighted by molar-refractivity contribution is 6.34. The van der Waals surface area contributed by atoms with Crippen LogP contribution in [0.25, 0.3) is 44.8 Å². The molecule has 8 rings (SSSR count). The van der Waals surface area contributed by atoms with Crippen molar-refractivity contribution in [3.8, 4) is 22.8 Å². The summed E-state index contributed by atoms with van der Waals surface area (Å²) in [4.78, 5) is 56.4. The van der Waals surface area contributed by atoms with E-state index in [1.165, 1.54) is 55.8 Å². The summed E-state index contributed by atoms with van der Waals surface area (Å²) in [7, 11) is 3.08. The number of nitrogens with two attached hydrogens (primary N) is 1. The number of aromatic nitrogens is 8. The summed E-state index contributed by atoms with van der Waals surface area (Å²) in [5.41, 5.74) is 8.30. The average Bonchev–Trinajstić information content (AvgIpc) is 3.25. The van der Waals surface area contributed by atoms with Crippen molar-refractivity contribution in [2.75, 3.05) is 25.1 Å². The van der Waals surface area contributed by atoms with E-state index in [2.05, 4.69) is 55.8 Å². The van der Waals surface area contributed by atoms with Gasteiger partial charge in [-0.15, -0.1) is 0 Å². The Labute approximate surface area is 349 Å². The molecule has 6 aromatic heterocycles. The minimum Gasteiger partial charge on any atom is -0.398 e. The van der Waals surface area contributed by atoms with E-state index in [4.69, 9.17) is 40.5 Å². The van der Waals surface area contributed by atoms with Gasteiger partial charge in [0.15, 0.2) is 22.9 Å². The van der Waals surface area contributed by atoms with Crippen LogP contribution in [0.4, 0.5) is 26.0 Å². The number of pyridine rings is 4. The largest absolute Gasteiger partial charge is 0.398 e. The van der Waals surface area contributed by atoms with E-state index in [0.717, 1.165) is 0 Å². The lowest BCUT2D eigenvalue weighted by Crippen LogP contribution is -2.19. The molecule has 5 N–H and O–H groups in total. The Hall–Kier alpha value is -7.01. The Kier molecular flexibility index (Phi) is 13.4. The Morgan fingerprint density at radius 3 is 1.75 bits per heavy atom. The highest BCUT2D eigenvalue weighted by atomic mass is 35.5. The molecule has 2 aromatic carbocycles. The van der Waals surface area contributed by atoms with Crippen LogP contribution in [0, 0.1) is 11.6 Å². The minimum atomic E-state index is -0.509. The van der Waals surface area contributed by atoms with Crippen LogP contribution in [0.5, 0.6) is 0 Å². The predicted molar refractivity (Wildman–Crippen MR) is 223 cm³/mol. The number of benzene rings is 2. The van der Waals surface area contributed by atoms with Crippen molar-refractivity contribution in [3.63, 3.8) is 0 Å². The van der Waals surface area contributed by atoms with Crippen LogP contribution < -0.4 is 21.7 Å². The van der Waals surface area contributed by atoms with Gasteiger partial charge in [-0.2, -0.15) is 0 Å². The molecule has 8 aromatic rings. The number of carbonyl (C=O) groups is 2. The molecule has 6 heterocycles. The average molecular weight is 854 g/mol. The SMILES string of the molecule is CNC(=O)c1cnccc1N.CNC(=O)c1cnccc1Nc1nc(-c2cc(Cl)ccc2F)nc2ncccc12.Fc1ccc(Cl)cc1-c1nc(Cl)c2cccnc2n1. The fourth-order valence-corrected chi connectivity index (χ4v) is 5.81. The first-order valence-electron chi connectivity index (χ1n) is 17.1. The van der Waals surface area contributed by atoms with E-state index in [-0.39, 0.29) is 39.7 Å². The second-order valence-electron chi connectivity index (χ2n) is 11.9. The van der Waals surface area contributed by atoms with Crippen LogP contribution in [-0.2, 0) is 0 Å². The van der Waals surface area contributed by atoms with Crippen molar-refractivity contribution < 1.29 is 18.4 Å². The number of anilines is 3. The van der Waals surface area contributed by atoms with Gasteiger partial charge in [0.1, 0.15) is 22.6 Å². The van der Waals surface area contributed by atoms with Crippen LogP contribution in [0.3, 0.4) is 0 Å². The first-order chi connectivity index (χ1) is 28.5. The normalized spacial score (nSPS) is 10.5. The molecule has 19 heteroatoms. The number of amides is 2. The van der Waals surface area contributed by atoms with Crippen molar-refractivity contribution in [3.05, 3.63) is 148 Å². The van der Waals surface area contributed by atoms with Crippen LogP contribution in [0.2, 0.25) is 15.2 Å². The van der Waals surface area contributed by atoms with Gasteiger partial charge in [-0.05, 0) is 72.8 Å². The van der Waals surface area contributed by atoms with Crippen LogP contribution >= 0.6 is 34.8 Å². The molecule has 0 atom stereocenters. The van der Waals surface area contributed by atoms with Crippen LogP contribution in [0.1, 0.15) is 20.7 Å². The maximum absolute atomic E-state index is 14.4. The number of fused-ring (bicyclic) bond motifs is 2. The molecular weight excluding hydrogens is 825 g/mol. The number of carbonyl (C=O) groups excluding carboxylic acids is 2. The minimum absolute atomic E-state index is 0.120. The first kappa shape index (κ1) is 41.6. The van der Waals surface area contributed by atoms with Crippen LogP contribution in [0.15, 0.2) is 110 Å². The number of halogens is 5. The van der Waals surface area contributed by atoms with Crippen molar-refractivity contribution >= 4 is 85.9 Å². The molecule has 2 amide bonds. The Balaban J connectivity index is 0.000000166. The number of hydrogen-bond donors (Lipinski definition) is 4. The second kappa shape index (κ2) is 19.0. The lowest BCUT2D eigenvalue weighted by Gasteiger charge is -2.13. The van der Waals surface area contributed by atoms with E-state index in [1.54, 1.807) is 68.2 Å². The van der Waals surface area contributed by atoms with Gasteiger partial charge in [0.2, 0.25) is 0 Å². The molecular formula is C40H29Cl3F2N12O2. The summed E-state index contributed by atoms with van der Waals surface area (Å²) in [5, 5.41) is 10.4. The summed E-state index contributed by atoms with van der Waals surface area (Å²) in [5.74, 6) is -0.839. The van der Waals surface area contributed by atoms with E-state index in [1.807, 2.05) is 0 Å². The quantitative estimate of drug-likeness (QED) is 0.117. The zero-order chi connectivity index (χ0) is 42.1. The molecule has 59 heavy (non-hydrogen) atoms. The van der Waals surface area contributed by atoms with E-state index in [9.17, 15) is 18.4 Å². The monoisotopic (exact) mass is 852 g/mol. The fourth-order valence-electron chi connectivity index (χ4n) is 5.24. The number of nitrogens with zero attached hydrogens (tertiary/aromatic N) is 8. The smallest absolute Gasteiger partial charge is 0.254 e. The topological polar surface area (TPSA) is 199 Å². The van der Waals surface area contributed by atoms with Gasteiger partial charge in [-0.25, -0.2) is 38.7 Å². The first-order valence-corrected chi connectivity index (χ1v) is 18.3. The standard InChI is InChI=1S/C20H14ClFN6O.C13H6Cl2FN3.C7H9N3O/c1-23-20(29)14-10-24-8-6-16(14)26-18-12-3-2-7-25-17(12)27-19(28-18)13-9-11(21)4-5-15(13)22;14-7-3-4-10(16)9(6-7)13-18-11(15)8-2-1-5-17-12(8)19-13;1-9-7(11)5-4-10-3-2-6(5)8/h2-10H,1H3,(H,23,29)(H,24,25,26,27,28);1-6H;2-4H,1H3,(H2,8,10)(H,9,11). The zero-order valence-corrected chi connectivity index (χ0v) is 33.0. The zero-order valence-electron chi connectivity index (χ0n) is 30.8. The van der Waals surface area contributed by atoms with Gasteiger partial charge < -0.3 is 21.7 Å². The molecule has 0 bridgehead atoms. The van der Waals surface area contributed by atoms with Crippen molar-refractivity contribution in [2.45, 2.75) is 0 Å². The lowest BCUT2D eigenvalue weighted by molar-refractivity contribution is 0.0955.